The fourth-order valence-corrected chi connectivity index (χ4v) is 2.83. The molecule has 0 amide bonds. The van der Waals surface area contributed by atoms with E-state index in [4.69, 9.17) is 4.74 Å². The average molecular weight is 353 g/mol. The number of ether oxygens (including phenoxy) is 1. The number of hydrogen-bond acceptors (Lipinski definition) is 2. The summed E-state index contributed by atoms with van der Waals surface area (Å²) in [6.45, 7) is 6.83. The van der Waals surface area contributed by atoms with Gasteiger partial charge in [0.1, 0.15) is 0 Å². The van der Waals surface area contributed by atoms with E-state index < -0.39 is 0 Å². The van der Waals surface area contributed by atoms with Gasteiger partial charge in [-0.05, 0) is 38.5 Å². The fourth-order valence-electron chi connectivity index (χ4n) is 2.83. The fraction of sp³-hybridized carbons (Fsp3) is 0.870. The lowest BCUT2D eigenvalue weighted by Crippen LogP contribution is -2.14. The van der Waals surface area contributed by atoms with Gasteiger partial charge in [-0.2, -0.15) is 0 Å². The van der Waals surface area contributed by atoms with E-state index in [-0.39, 0.29) is 11.9 Å². The Kier molecular flexibility index (Phi) is 18.9. The summed E-state index contributed by atoms with van der Waals surface area (Å²) in [5.41, 5.74) is 0. The van der Waals surface area contributed by atoms with Gasteiger partial charge in [-0.15, -0.1) is 0 Å². The second-order valence-corrected chi connectivity index (χ2v) is 7.41. The van der Waals surface area contributed by atoms with E-state index in [1.54, 1.807) is 0 Å². The average Bonchev–Trinajstić information content (AvgIpc) is 2.63. The van der Waals surface area contributed by atoms with Crippen LogP contribution >= 0.6 is 0 Å². The molecule has 0 aliphatic rings. The Morgan fingerprint density at radius 1 is 0.760 bits per heavy atom. The molecule has 1 atom stereocenters. The van der Waals surface area contributed by atoms with E-state index in [1.165, 1.54) is 83.5 Å². The van der Waals surface area contributed by atoms with Gasteiger partial charge in [0.15, 0.2) is 0 Å². The van der Waals surface area contributed by atoms with Gasteiger partial charge < -0.3 is 4.74 Å². The summed E-state index contributed by atoms with van der Waals surface area (Å²) in [6.07, 6.45) is 23.9. The van der Waals surface area contributed by atoms with Gasteiger partial charge in [-0.3, -0.25) is 4.79 Å². The number of allylic oxidation sites excluding steroid dienone is 2. The summed E-state index contributed by atoms with van der Waals surface area (Å²) in [5.74, 6) is 0.0117. The maximum absolute atomic E-state index is 11.5. The summed E-state index contributed by atoms with van der Waals surface area (Å²) >= 11 is 0. The monoisotopic (exact) mass is 352 g/mol. The van der Waals surface area contributed by atoms with Crippen molar-refractivity contribution >= 4 is 5.97 Å². The third-order valence-electron chi connectivity index (χ3n) is 4.92. The Morgan fingerprint density at radius 2 is 1.24 bits per heavy atom. The quantitative estimate of drug-likeness (QED) is 0.144. The number of carbonyl (C=O) groups excluding carboxylic acids is 1. The van der Waals surface area contributed by atoms with E-state index in [9.17, 15) is 4.79 Å². The van der Waals surface area contributed by atoms with Crippen LogP contribution in [0.15, 0.2) is 12.2 Å². The van der Waals surface area contributed by atoms with Crippen molar-refractivity contribution in [1.82, 2.24) is 0 Å². The first-order valence-corrected chi connectivity index (χ1v) is 11.0. The van der Waals surface area contributed by atoms with Crippen molar-refractivity contribution in [3.05, 3.63) is 12.2 Å². The van der Waals surface area contributed by atoms with Gasteiger partial charge in [0.25, 0.3) is 0 Å². The first-order chi connectivity index (χ1) is 12.2. The molecule has 0 aliphatic carbocycles. The molecule has 0 aromatic heterocycles. The maximum atomic E-state index is 11.5. The Morgan fingerprint density at radius 3 is 1.76 bits per heavy atom. The van der Waals surface area contributed by atoms with E-state index >= 15 is 0 Å². The van der Waals surface area contributed by atoms with Crippen molar-refractivity contribution in [2.24, 2.45) is 5.92 Å². The largest absolute Gasteiger partial charge is 0.465 e. The maximum Gasteiger partial charge on any atom is 0.308 e. The molecule has 25 heavy (non-hydrogen) atoms. The smallest absolute Gasteiger partial charge is 0.308 e. The highest BCUT2D eigenvalue weighted by molar-refractivity contribution is 5.71. The van der Waals surface area contributed by atoms with E-state index in [0.29, 0.717) is 6.61 Å². The normalized spacial score (nSPS) is 12.6. The van der Waals surface area contributed by atoms with Crippen molar-refractivity contribution in [3.63, 3.8) is 0 Å². The topological polar surface area (TPSA) is 26.3 Å². The molecule has 0 heterocycles. The molecule has 0 aromatic carbocycles. The Bertz CT molecular complexity index is 309. The number of carbonyl (C=O) groups is 1. The molecule has 148 valence electrons. The zero-order chi connectivity index (χ0) is 18.6. The predicted octanol–water partition coefficient (Wildman–Crippen LogP) is 7.61. The highest BCUT2D eigenvalue weighted by Crippen LogP contribution is 2.10. The summed E-state index contributed by atoms with van der Waals surface area (Å²) in [7, 11) is 0. The molecule has 0 bridgehead atoms. The first kappa shape index (κ1) is 24.2. The molecule has 0 rings (SSSR count). The zero-order valence-corrected chi connectivity index (χ0v) is 17.4. The SMILES string of the molecule is CCCCCCCCCCC=CCCCCCCOC(=O)C(C)CC. The van der Waals surface area contributed by atoms with Gasteiger partial charge in [0, 0.05) is 0 Å². The first-order valence-electron chi connectivity index (χ1n) is 11.0. The number of esters is 1. The minimum atomic E-state index is -0.0357. The van der Waals surface area contributed by atoms with Crippen LogP contribution in [-0.4, -0.2) is 12.6 Å². The Hall–Kier alpha value is -0.790. The van der Waals surface area contributed by atoms with Crippen LogP contribution in [0.1, 0.15) is 117 Å². The molecule has 0 radical (unpaired) electrons. The van der Waals surface area contributed by atoms with E-state index in [1.807, 2.05) is 13.8 Å². The summed E-state index contributed by atoms with van der Waals surface area (Å²) in [5, 5.41) is 0. The zero-order valence-electron chi connectivity index (χ0n) is 17.4. The van der Waals surface area contributed by atoms with Crippen LogP contribution in [0.25, 0.3) is 0 Å². The molecule has 2 heteroatoms. The highest BCUT2D eigenvalue weighted by atomic mass is 16.5. The van der Waals surface area contributed by atoms with Crippen LogP contribution in [0.3, 0.4) is 0 Å². The third kappa shape index (κ3) is 17.8. The molecular formula is C23H44O2. The molecule has 0 saturated heterocycles. The van der Waals surface area contributed by atoms with Crippen molar-refractivity contribution in [2.45, 2.75) is 117 Å². The van der Waals surface area contributed by atoms with Crippen molar-refractivity contribution in [2.75, 3.05) is 6.61 Å². The molecular weight excluding hydrogens is 308 g/mol. The van der Waals surface area contributed by atoms with Crippen LogP contribution in [0.2, 0.25) is 0 Å². The standard InChI is InChI=1S/C23H44O2/c1-4-6-7-8-9-10-11-12-13-14-15-16-17-18-19-20-21-25-23(24)22(3)5-2/h14-15,22H,4-13,16-21H2,1-3H3. The van der Waals surface area contributed by atoms with Crippen LogP contribution < -0.4 is 0 Å². The summed E-state index contributed by atoms with van der Waals surface area (Å²) < 4.78 is 5.26. The van der Waals surface area contributed by atoms with Crippen LogP contribution in [-0.2, 0) is 9.53 Å². The second kappa shape index (κ2) is 19.5. The molecule has 0 aliphatic heterocycles. The predicted molar refractivity (Wildman–Crippen MR) is 110 cm³/mol. The van der Waals surface area contributed by atoms with E-state index in [0.717, 1.165) is 12.8 Å². The van der Waals surface area contributed by atoms with Crippen molar-refractivity contribution in [1.29, 1.82) is 0 Å². The minimum Gasteiger partial charge on any atom is -0.465 e. The Labute approximate surface area is 157 Å². The van der Waals surface area contributed by atoms with Gasteiger partial charge in [-0.25, -0.2) is 0 Å². The van der Waals surface area contributed by atoms with E-state index in [2.05, 4.69) is 19.1 Å². The highest BCUT2D eigenvalue weighted by Gasteiger charge is 2.10. The third-order valence-corrected chi connectivity index (χ3v) is 4.92. The number of hydrogen-bond donors (Lipinski definition) is 0. The van der Waals surface area contributed by atoms with Crippen LogP contribution in [0.5, 0.6) is 0 Å². The lowest BCUT2D eigenvalue weighted by molar-refractivity contribution is -0.148. The number of unbranched alkanes of at least 4 members (excludes halogenated alkanes) is 12. The van der Waals surface area contributed by atoms with Crippen LogP contribution in [0.4, 0.5) is 0 Å². The Balaban J connectivity index is 3.19. The van der Waals surface area contributed by atoms with Gasteiger partial charge in [0.2, 0.25) is 0 Å². The van der Waals surface area contributed by atoms with Crippen LogP contribution in [0, 0.1) is 5.92 Å². The molecule has 0 spiro atoms. The minimum absolute atomic E-state index is 0.0357. The molecule has 1 unspecified atom stereocenters. The molecule has 0 aromatic rings. The molecule has 0 N–H and O–H groups in total. The molecule has 0 saturated carbocycles. The lowest BCUT2D eigenvalue weighted by atomic mass is 10.1. The number of rotatable bonds is 18. The second-order valence-electron chi connectivity index (χ2n) is 7.41. The van der Waals surface area contributed by atoms with Gasteiger partial charge >= 0.3 is 5.97 Å². The molecule has 0 fully saturated rings. The summed E-state index contributed by atoms with van der Waals surface area (Å²) in [4.78, 5) is 11.5. The van der Waals surface area contributed by atoms with Crippen molar-refractivity contribution in [3.8, 4) is 0 Å². The van der Waals surface area contributed by atoms with Gasteiger partial charge in [0.05, 0.1) is 12.5 Å². The van der Waals surface area contributed by atoms with Crippen molar-refractivity contribution < 1.29 is 9.53 Å². The lowest BCUT2D eigenvalue weighted by Gasteiger charge is -2.08. The van der Waals surface area contributed by atoms with Gasteiger partial charge in [-0.1, -0.05) is 90.7 Å². The molecule has 2 nitrogen and oxygen atoms in total. The summed E-state index contributed by atoms with van der Waals surface area (Å²) in [6, 6.07) is 0.